The van der Waals surface area contributed by atoms with Crippen molar-refractivity contribution in [1.29, 1.82) is 0 Å². The van der Waals surface area contributed by atoms with Crippen molar-refractivity contribution in [3.8, 4) is 0 Å². The highest BCUT2D eigenvalue weighted by Gasteiger charge is 2.32. The van der Waals surface area contributed by atoms with Crippen molar-refractivity contribution in [3.63, 3.8) is 0 Å². The summed E-state index contributed by atoms with van der Waals surface area (Å²) in [6, 6.07) is 10.8. The van der Waals surface area contributed by atoms with Gasteiger partial charge in [0, 0.05) is 31.1 Å². The molecule has 2 aromatic heterocycles. The average Bonchev–Trinajstić information content (AvgIpc) is 3.37. The van der Waals surface area contributed by atoms with Gasteiger partial charge in [-0.25, -0.2) is 13.1 Å². The van der Waals surface area contributed by atoms with Gasteiger partial charge in [-0.15, -0.1) is 16.4 Å². The fourth-order valence-electron chi connectivity index (χ4n) is 3.48. The molecule has 0 bridgehead atoms. The summed E-state index contributed by atoms with van der Waals surface area (Å²) in [6.45, 7) is 5.57. The van der Waals surface area contributed by atoms with E-state index in [0.717, 1.165) is 36.6 Å². The number of piperazine rings is 1. The van der Waals surface area contributed by atoms with Crippen LogP contribution in [-0.4, -0.2) is 71.7 Å². The smallest absolute Gasteiger partial charge is 0.198 e. The topological polar surface area (TPSA) is 84.2 Å². The highest BCUT2D eigenvalue weighted by atomic mass is 32.2. The summed E-state index contributed by atoms with van der Waals surface area (Å²) in [7, 11) is -1.46. The maximum absolute atomic E-state index is 13.0. The predicted octanol–water partition coefficient (Wildman–Crippen LogP) is 1.81. The van der Waals surface area contributed by atoms with Crippen LogP contribution in [0.2, 0.25) is 0 Å². The molecule has 1 saturated heterocycles. The molecule has 3 aromatic rings. The Labute approximate surface area is 174 Å². The molecule has 3 heterocycles. The largest absolute Gasteiger partial charge is 0.304 e. The van der Waals surface area contributed by atoms with E-state index < -0.39 is 9.84 Å². The van der Waals surface area contributed by atoms with E-state index in [9.17, 15) is 8.42 Å². The Morgan fingerprint density at radius 1 is 1.10 bits per heavy atom. The second-order valence-electron chi connectivity index (χ2n) is 7.35. The zero-order chi connectivity index (χ0) is 20.4. The predicted molar refractivity (Wildman–Crippen MR) is 111 cm³/mol. The number of hydrogen-bond donors (Lipinski definition) is 0. The number of rotatable bonds is 6. The molecule has 0 spiro atoms. The van der Waals surface area contributed by atoms with Crippen LogP contribution in [0.25, 0.3) is 0 Å². The third kappa shape index (κ3) is 4.40. The first-order valence-corrected chi connectivity index (χ1v) is 12.0. The number of likely N-dealkylation sites (N-methyl/N-ethyl adjacent to an activating group) is 1. The summed E-state index contributed by atoms with van der Waals surface area (Å²) < 4.78 is 27.3. The van der Waals surface area contributed by atoms with Gasteiger partial charge < -0.3 is 4.90 Å². The quantitative estimate of drug-likeness (QED) is 0.587. The van der Waals surface area contributed by atoms with Gasteiger partial charge in [-0.2, -0.15) is 0 Å². The number of thiophene rings is 1. The lowest BCUT2D eigenvalue weighted by molar-refractivity contribution is 0.123. The van der Waals surface area contributed by atoms with Gasteiger partial charge >= 0.3 is 0 Å². The molecule has 10 heteroatoms. The fourth-order valence-corrected chi connectivity index (χ4v) is 5.54. The number of benzene rings is 1. The van der Waals surface area contributed by atoms with Crippen molar-refractivity contribution in [2.45, 2.75) is 23.7 Å². The first kappa shape index (κ1) is 20.1. The van der Waals surface area contributed by atoms with Crippen LogP contribution in [-0.2, 0) is 15.7 Å². The van der Waals surface area contributed by atoms with Gasteiger partial charge in [0.15, 0.2) is 21.5 Å². The van der Waals surface area contributed by atoms with E-state index in [1.54, 1.807) is 35.6 Å². The summed E-state index contributed by atoms with van der Waals surface area (Å²) in [6.07, 6.45) is 0. The Bertz CT molecular complexity index is 1040. The third-order valence-corrected chi connectivity index (χ3v) is 7.69. The molecule has 1 aliphatic rings. The minimum absolute atomic E-state index is 0.160. The summed E-state index contributed by atoms with van der Waals surface area (Å²) in [5.41, 5.74) is 1.01. The minimum Gasteiger partial charge on any atom is -0.304 e. The summed E-state index contributed by atoms with van der Waals surface area (Å²) in [5, 5.41) is 14.1. The van der Waals surface area contributed by atoms with Gasteiger partial charge in [0.1, 0.15) is 6.04 Å². The molecule has 154 valence electrons. The standard InChI is InChI=1S/C19H24N6O2S2/c1-15-5-7-16(8-6-15)29(26,27)14-25-19(20-21-22-25)18(17-4-3-13-28-17)24-11-9-23(2)10-12-24/h3-8,13,18H,9-12,14H2,1-2H3. The van der Waals surface area contributed by atoms with Crippen molar-refractivity contribution < 1.29 is 8.42 Å². The zero-order valence-corrected chi connectivity index (χ0v) is 18.1. The highest BCUT2D eigenvalue weighted by molar-refractivity contribution is 7.90. The van der Waals surface area contributed by atoms with E-state index in [0.29, 0.717) is 5.82 Å². The van der Waals surface area contributed by atoms with Gasteiger partial charge in [-0.05, 0) is 48.0 Å². The molecule has 1 atom stereocenters. The van der Waals surface area contributed by atoms with Crippen LogP contribution < -0.4 is 0 Å². The summed E-state index contributed by atoms with van der Waals surface area (Å²) >= 11 is 1.63. The Kier molecular flexibility index (Phi) is 5.77. The van der Waals surface area contributed by atoms with Crippen LogP contribution in [0.1, 0.15) is 22.3 Å². The molecule has 0 saturated carbocycles. The lowest BCUT2D eigenvalue weighted by Gasteiger charge is -2.36. The highest BCUT2D eigenvalue weighted by Crippen LogP contribution is 2.31. The van der Waals surface area contributed by atoms with Crippen molar-refractivity contribution in [2.24, 2.45) is 0 Å². The maximum atomic E-state index is 13.0. The van der Waals surface area contributed by atoms with Crippen molar-refractivity contribution in [3.05, 3.63) is 58.0 Å². The van der Waals surface area contributed by atoms with E-state index in [2.05, 4.69) is 38.4 Å². The van der Waals surface area contributed by atoms with E-state index in [1.165, 1.54) is 4.68 Å². The number of nitrogens with zero attached hydrogens (tertiary/aromatic N) is 6. The first-order valence-electron chi connectivity index (χ1n) is 9.45. The van der Waals surface area contributed by atoms with Gasteiger partial charge in [0.2, 0.25) is 0 Å². The second kappa shape index (κ2) is 8.31. The molecule has 1 unspecified atom stereocenters. The van der Waals surface area contributed by atoms with Crippen LogP contribution in [0, 0.1) is 6.92 Å². The third-order valence-electron chi connectivity index (χ3n) is 5.19. The van der Waals surface area contributed by atoms with Crippen molar-refractivity contribution in [1.82, 2.24) is 30.0 Å². The summed E-state index contributed by atoms with van der Waals surface area (Å²) in [4.78, 5) is 5.99. The molecular formula is C19H24N6O2S2. The SMILES string of the molecule is Cc1ccc(S(=O)(=O)Cn2nnnc2C(c2cccs2)N2CCN(C)CC2)cc1. The number of sulfone groups is 1. The molecule has 29 heavy (non-hydrogen) atoms. The molecule has 1 aromatic carbocycles. The lowest BCUT2D eigenvalue weighted by atomic mass is 10.1. The Hall–Kier alpha value is -2.14. The van der Waals surface area contributed by atoms with Gasteiger partial charge in [0.25, 0.3) is 0 Å². The monoisotopic (exact) mass is 432 g/mol. The Morgan fingerprint density at radius 2 is 1.83 bits per heavy atom. The average molecular weight is 433 g/mol. The number of tetrazole rings is 1. The zero-order valence-electron chi connectivity index (χ0n) is 16.5. The summed E-state index contributed by atoms with van der Waals surface area (Å²) in [5.74, 6) is 0.279. The normalized spacial score (nSPS) is 17.4. The van der Waals surface area contributed by atoms with Crippen LogP contribution in [0.5, 0.6) is 0 Å². The molecule has 0 amide bonds. The number of aryl methyl sites for hydroxylation is 1. The molecule has 1 fully saturated rings. The molecule has 4 rings (SSSR count). The lowest BCUT2D eigenvalue weighted by Crippen LogP contribution is -2.46. The van der Waals surface area contributed by atoms with Gasteiger partial charge in [0.05, 0.1) is 4.90 Å². The molecule has 1 aliphatic heterocycles. The number of aromatic nitrogens is 4. The Morgan fingerprint density at radius 3 is 2.48 bits per heavy atom. The van der Waals surface area contributed by atoms with Crippen LogP contribution in [0.3, 0.4) is 0 Å². The second-order valence-corrected chi connectivity index (χ2v) is 10.3. The molecule has 0 radical (unpaired) electrons. The molecular weight excluding hydrogens is 408 g/mol. The number of hydrogen-bond acceptors (Lipinski definition) is 8. The van der Waals surface area contributed by atoms with Crippen molar-refractivity contribution >= 4 is 21.2 Å². The van der Waals surface area contributed by atoms with E-state index >= 15 is 0 Å². The van der Waals surface area contributed by atoms with Crippen LogP contribution in [0.15, 0.2) is 46.7 Å². The van der Waals surface area contributed by atoms with Crippen LogP contribution >= 0.6 is 11.3 Å². The van der Waals surface area contributed by atoms with Gasteiger partial charge in [-0.3, -0.25) is 4.90 Å². The first-order chi connectivity index (χ1) is 13.9. The van der Waals surface area contributed by atoms with Gasteiger partial charge in [-0.1, -0.05) is 23.8 Å². The van der Waals surface area contributed by atoms with E-state index in [4.69, 9.17) is 0 Å². The molecule has 8 nitrogen and oxygen atoms in total. The van der Waals surface area contributed by atoms with E-state index in [-0.39, 0.29) is 16.8 Å². The van der Waals surface area contributed by atoms with Crippen molar-refractivity contribution in [2.75, 3.05) is 33.2 Å². The maximum Gasteiger partial charge on any atom is 0.198 e. The Balaban J connectivity index is 1.66. The molecule has 0 aliphatic carbocycles. The fraction of sp³-hybridized carbons (Fsp3) is 0.421. The van der Waals surface area contributed by atoms with Crippen LogP contribution in [0.4, 0.5) is 0 Å². The van der Waals surface area contributed by atoms with E-state index in [1.807, 2.05) is 18.4 Å². The molecule has 0 N–H and O–H groups in total. The minimum atomic E-state index is -3.57.